The van der Waals surface area contributed by atoms with E-state index in [2.05, 4.69) is 0 Å². The monoisotopic (exact) mass is 222 g/mol. The number of rotatable bonds is 5. The van der Waals surface area contributed by atoms with E-state index in [-0.39, 0.29) is 6.61 Å². The van der Waals surface area contributed by atoms with Crippen LogP contribution in [0.4, 0.5) is 0 Å². The van der Waals surface area contributed by atoms with Crippen LogP contribution >= 0.6 is 0 Å². The Morgan fingerprint density at radius 2 is 1.75 bits per heavy atom. The topological polar surface area (TPSA) is 38.7 Å². The quantitative estimate of drug-likeness (QED) is 0.831. The number of aliphatic hydroxyl groups is 1. The number of benzene rings is 1. The van der Waals surface area contributed by atoms with Crippen molar-refractivity contribution in [3.05, 3.63) is 29.3 Å². The van der Waals surface area contributed by atoms with E-state index in [1.54, 1.807) is 14.2 Å². The fourth-order valence-corrected chi connectivity index (χ4v) is 1.41. The highest BCUT2D eigenvalue weighted by Crippen LogP contribution is 2.24. The van der Waals surface area contributed by atoms with Gasteiger partial charge in [-0.05, 0) is 29.7 Å². The van der Waals surface area contributed by atoms with Crippen molar-refractivity contribution in [3.63, 3.8) is 0 Å². The summed E-state index contributed by atoms with van der Waals surface area (Å²) in [5, 5.41) is 9.11. The summed E-state index contributed by atoms with van der Waals surface area (Å²) < 4.78 is 10.3. The third kappa shape index (κ3) is 3.28. The second kappa shape index (κ2) is 6.18. The van der Waals surface area contributed by atoms with Gasteiger partial charge in [-0.2, -0.15) is 0 Å². The zero-order valence-corrected chi connectivity index (χ0v) is 9.99. The molecule has 0 radical (unpaired) electrons. The van der Waals surface area contributed by atoms with Crippen LogP contribution in [0.3, 0.4) is 0 Å². The van der Waals surface area contributed by atoms with Crippen LogP contribution in [0.15, 0.2) is 23.8 Å². The Kier molecular flexibility index (Phi) is 4.86. The van der Waals surface area contributed by atoms with Gasteiger partial charge < -0.3 is 14.6 Å². The van der Waals surface area contributed by atoms with Gasteiger partial charge in [-0.3, -0.25) is 0 Å². The van der Waals surface area contributed by atoms with Gasteiger partial charge in [0.1, 0.15) is 11.5 Å². The summed E-state index contributed by atoms with van der Waals surface area (Å²) in [6.45, 7) is 2.09. The predicted octanol–water partition coefficient (Wildman–Crippen LogP) is 2.49. The van der Waals surface area contributed by atoms with E-state index < -0.39 is 0 Å². The summed E-state index contributed by atoms with van der Waals surface area (Å²) in [4.78, 5) is 0. The van der Waals surface area contributed by atoms with Gasteiger partial charge >= 0.3 is 0 Å². The Balaban J connectivity index is 3.07. The van der Waals surface area contributed by atoms with Crippen molar-refractivity contribution in [2.45, 2.75) is 13.3 Å². The van der Waals surface area contributed by atoms with Gasteiger partial charge in [0.05, 0.1) is 20.8 Å². The summed E-state index contributed by atoms with van der Waals surface area (Å²) >= 11 is 0. The highest BCUT2D eigenvalue weighted by Gasteiger charge is 2.01. The first-order valence-electron chi connectivity index (χ1n) is 5.26. The van der Waals surface area contributed by atoms with Crippen LogP contribution in [-0.2, 0) is 0 Å². The van der Waals surface area contributed by atoms with Crippen LogP contribution in [0.1, 0.15) is 18.9 Å². The van der Waals surface area contributed by atoms with Gasteiger partial charge in [-0.1, -0.05) is 13.0 Å². The molecular formula is C13H18O3. The van der Waals surface area contributed by atoms with Crippen LogP contribution < -0.4 is 9.47 Å². The predicted molar refractivity (Wildman–Crippen MR) is 64.9 cm³/mol. The SMILES string of the molecule is CCC(=Cc1cc(OC)cc(OC)c1)CO. The molecule has 0 heterocycles. The van der Waals surface area contributed by atoms with E-state index in [4.69, 9.17) is 14.6 Å². The van der Waals surface area contributed by atoms with Gasteiger partial charge in [-0.25, -0.2) is 0 Å². The molecule has 1 N–H and O–H groups in total. The highest BCUT2D eigenvalue weighted by molar-refractivity contribution is 5.57. The Hall–Kier alpha value is -1.48. The van der Waals surface area contributed by atoms with Crippen molar-refractivity contribution >= 4 is 6.08 Å². The molecule has 0 atom stereocenters. The lowest BCUT2D eigenvalue weighted by Crippen LogP contribution is -1.91. The fraction of sp³-hybridized carbons (Fsp3) is 0.385. The lowest BCUT2D eigenvalue weighted by Gasteiger charge is -2.07. The number of hydrogen-bond donors (Lipinski definition) is 1. The molecule has 3 heteroatoms. The second-order valence-electron chi connectivity index (χ2n) is 3.46. The maximum atomic E-state index is 9.11. The lowest BCUT2D eigenvalue weighted by molar-refractivity contribution is 0.329. The van der Waals surface area contributed by atoms with E-state index >= 15 is 0 Å². The molecule has 3 nitrogen and oxygen atoms in total. The molecule has 0 saturated carbocycles. The van der Waals surface area contributed by atoms with Crippen molar-refractivity contribution in [2.75, 3.05) is 20.8 Å². The number of ether oxygens (including phenoxy) is 2. The third-order valence-electron chi connectivity index (χ3n) is 2.40. The number of hydrogen-bond acceptors (Lipinski definition) is 3. The first-order valence-corrected chi connectivity index (χ1v) is 5.26. The Morgan fingerprint density at radius 1 is 1.19 bits per heavy atom. The van der Waals surface area contributed by atoms with E-state index in [1.807, 2.05) is 31.2 Å². The lowest BCUT2D eigenvalue weighted by atomic mass is 10.1. The van der Waals surface area contributed by atoms with Crippen molar-refractivity contribution < 1.29 is 14.6 Å². The summed E-state index contributed by atoms with van der Waals surface area (Å²) in [6.07, 6.45) is 2.78. The minimum atomic E-state index is 0.0794. The Labute approximate surface area is 96.3 Å². The van der Waals surface area contributed by atoms with Gasteiger partial charge in [0, 0.05) is 6.07 Å². The second-order valence-corrected chi connectivity index (χ2v) is 3.46. The van der Waals surface area contributed by atoms with E-state index in [0.717, 1.165) is 29.1 Å². The summed E-state index contributed by atoms with van der Waals surface area (Å²) in [5.74, 6) is 1.50. The van der Waals surface area contributed by atoms with Crippen molar-refractivity contribution in [2.24, 2.45) is 0 Å². The highest BCUT2D eigenvalue weighted by atomic mass is 16.5. The largest absolute Gasteiger partial charge is 0.497 e. The van der Waals surface area contributed by atoms with Crippen LogP contribution in [0.25, 0.3) is 6.08 Å². The molecule has 88 valence electrons. The first-order chi connectivity index (χ1) is 7.73. The van der Waals surface area contributed by atoms with Crippen molar-refractivity contribution in [3.8, 4) is 11.5 Å². The van der Waals surface area contributed by atoms with Gasteiger partial charge in [-0.15, -0.1) is 0 Å². The van der Waals surface area contributed by atoms with Crippen LogP contribution in [0.5, 0.6) is 11.5 Å². The van der Waals surface area contributed by atoms with E-state index in [1.165, 1.54) is 0 Å². The minimum absolute atomic E-state index is 0.0794. The molecular weight excluding hydrogens is 204 g/mol. The van der Waals surface area contributed by atoms with Crippen LogP contribution in [0.2, 0.25) is 0 Å². The van der Waals surface area contributed by atoms with E-state index in [0.29, 0.717) is 0 Å². The average molecular weight is 222 g/mol. The molecule has 16 heavy (non-hydrogen) atoms. The van der Waals surface area contributed by atoms with Gasteiger partial charge in [0.15, 0.2) is 0 Å². The molecule has 1 aromatic rings. The maximum absolute atomic E-state index is 9.11. The summed E-state index contributed by atoms with van der Waals surface area (Å²) in [6, 6.07) is 5.64. The van der Waals surface area contributed by atoms with E-state index in [9.17, 15) is 0 Å². The molecule has 0 fully saturated rings. The van der Waals surface area contributed by atoms with Crippen LogP contribution in [0, 0.1) is 0 Å². The molecule has 0 amide bonds. The molecule has 0 bridgehead atoms. The molecule has 0 aliphatic rings. The number of aliphatic hydroxyl groups excluding tert-OH is 1. The first kappa shape index (κ1) is 12.6. The zero-order valence-electron chi connectivity index (χ0n) is 9.99. The molecule has 1 aromatic carbocycles. The normalized spacial score (nSPS) is 11.4. The maximum Gasteiger partial charge on any atom is 0.123 e. The molecule has 0 saturated heterocycles. The van der Waals surface area contributed by atoms with Crippen molar-refractivity contribution in [1.29, 1.82) is 0 Å². The third-order valence-corrected chi connectivity index (χ3v) is 2.40. The standard InChI is InChI=1S/C13H18O3/c1-4-10(9-14)5-11-6-12(15-2)8-13(7-11)16-3/h5-8,14H,4,9H2,1-3H3. The smallest absolute Gasteiger partial charge is 0.123 e. The Morgan fingerprint density at radius 3 is 2.12 bits per heavy atom. The molecule has 1 rings (SSSR count). The number of methoxy groups -OCH3 is 2. The Bertz CT molecular complexity index is 341. The molecule has 0 spiro atoms. The fourth-order valence-electron chi connectivity index (χ4n) is 1.41. The molecule has 0 unspecified atom stereocenters. The van der Waals surface area contributed by atoms with Crippen LogP contribution in [-0.4, -0.2) is 25.9 Å². The summed E-state index contributed by atoms with van der Waals surface area (Å²) in [7, 11) is 3.24. The van der Waals surface area contributed by atoms with Gasteiger partial charge in [0.2, 0.25) is 0 Å². The zero-order chi connectivity index (χ0) is 12.0. The molecule has 0 aliphatic heterocycles. The molecule has 0 aliphatic carbocycles. The van der Waals surface area contributed by atoms with Crippen molar-refractivity contribution in [1.82, 2.24) is 0 Å². The molecule has 0 aromatic heterocycles. The summed E-state index contributed by atoms with van der Waals surface area (Å²) in [5.41, 5.74) is 1.96. The average Bonchev–Trinajstić information content (AvgIpc) is 2.35. The van der Waals surface area contributed by atoms with Gasteiger partial charge in [0.25, 0.3) is 0 Å². The minimum Gasteiger partial charge on any atom is -0.497 e.